The van der Waals surface area contributed by atoms with Gasteiger partial charge >= 0.3 is 0 Å². The zero-order valence-corrected chi connectivity index (χ0v) is 19.0. The summed E-state index contributed by atoms with van der Waals surface area (Å²) in [7, 11) is 0. The van der Waals surface area contributed by atoms with E-state index in [0.29, 0.717) is 27.4 Å². The molecule has 3 heterocycles. The maximum absolute atomic E-state index is 13.1. The van der Waals surface area contributed by atoms with Crippen molar-refractivity contribution < 1.29 is 4.79 Å². The minimum atomic E-state index is -0.326. The van der Waals surface area contributed by atoms with Crippen LogP contribution in [-0.2, 0) is 4.79 Å². The van der Waals surface area contributed by atoms with Gasteiger partial charge in [0.2, 0.25) is 4.96 Å². The van der Waals surface area contributed by atoms with Crippen molar-refractivity contribution in [2.24, 2.45) is 0 Å². The highest BCUT2D eigenvalue weighted by Crippen LogP contribution is 2.37. The predicted molar refractivity (Wildman–Crippen MR) is 120 cm³/mol. The summed E-state index contributed by atoms with van der Waals surface area (Å²) in [5.74, 6) is 0.309. The number of aromatic nitrogens is 3. The van der Waals surface area contributed by atoms with Crippen LogP contribution in [0.25, 0.3) is 21.9 Å². The van der Waals surface area contributed by atoms with E-state index in [2.05, 4.69) is 41.9 Å². The van der Waals surface area contributed by atoms with Gasteiger partial charge in [0.1, 0.15) is 4.53 Å². The number of benzene rings is 2. The van der Waals surface area contributed by atoms with Crippen LogP contribution >= 0.6 is 43.2 Å². The van der Waals surface area contributed by atoms with Gasteiger partial charge in [-0.25, -0.2) is 0 Å². The molecule has 2 aromatic carbocycles. The fourth-order valence-corrected chi connectivity index (χ4v) is 5.07. The topological polar surface area (TPSA) is 67.6 Å². The third-order valence-electron chi connectivity index (χ3n) is 4.78. The van der Waals surface area contributed by atoms with Crippen LogP contribution in [0.2, 0.25) is 0 Å². The highest BCUT2D eigenvalue weighted by atomic mass is 79.9. The Bertz CT molecular complexity index is 1410. The number of likely N-dealkylation sites (N-methyl/N-ethyl adjacent to an activating group) is 1. The van der Waals surface area contributed by atoms with Gasteiger partial charge < -0.3 is 4.90 Å². The van der Waals surface area contributed by atoms with Gasteiger partial charge in [0, 0.05) is 26.6 Å². The van der Waals surface area contributed by atoms with Gasteiger partial charge in [-0.2, -0.15) is 9.50 Å². The average Bonchev–Trinajstić information content (AvgIpc) is 3.33. The van der Waals surface area contributed by atoms with E-state index in [1.807, 2.05) is 49.4 Å². The number of thiazole rings is 1. The van der Waals surface area contributed by atoms with Crippen LogP contribution in [0.4, 0.5) is 5.69 Å². The van der Waals surface area contributed by atoms with Gasteiger partial charge in [0.15, 0.2) is 5.82 Å². The molecule has 0 radical (unpaired) electrons. The van der Waals surface area contributed by atoms with Crippen molar-refractivity contribution in [3.8, 4) is 11.4 Å². The number of carbonyl (C=O) groups excluding carboxylic acids is 1. The van der Waals surface area contributed by atoms with E-state index < -0.39 is 0 Å². The first-order chi connectivity index (χ1) is 14.0. The van der Waals surface area contributed by atoms with Crippen molar-refractivity contribution in [1.82, 2.24) is 14.6 Å². The van der Waals surface area contributed by atoms with Gasteiger partial charge in [-0.3, -0.25) is 9.59 Å². The molecule has 5 rings (SSSR count). The second-order valence-corrected chi connectivity index (χ2v) is 9.27. The molecule has 0 fully saturated rings. The van der Waals surface area contributed by atoms with E-state index in [1.54, 1.807) is 4.90 Å². The average molecular weight is 532 g/mol. The standard InChI is InChI=1S/C20H12Br2N4O2S/c1-2-25-14-8-7-12(22)9-13(14)15(18(25)27)16-19(28)26-20(29-16)23-17(24-26)10-3-5-11(21)6-4-10/h3-9H,2H2,1H3/b16-15-. The first kappa shape index (κ1) is 18.7. The Kier molecular flexibility index (Phi) is 4.41. The van der Waals surface area contributed by atoms with Crippen LogP contribution in [0.3, 0.4) is 0 Å². The smallest absolute Gasteiger partial charge is 0.291 e. The molecule has 2 aromatic heterocycles. The number of amides is 1. The lowest BCUT2D eigenvalue weighted by Gasteiger charge is -2.13. The summed E-state index contributed by atoms with van der Waals surface area (Å²) in [6.07, 6.45) is 0. The van der Waals surface area contributed by atoms with E-state index in [1.165, 1.54) is 15.9 Å². The molecule has 1 aliphatic rings. The molecular formula is C20H12Br2N4O2S. The lowest BCUT2D eigenvalue weighted by molar-refractivity contribution is -0.113. The molecule has 1 amide bonds. The Labute approximate surface area is 185 Å². The normalized spacial score (nSPS) is 15.4. The Hall–Kier alpha value is -2.36. The molecule has 0 N–H and O–H groups in total. The predicted octanol–water partition coefficient (Wildman–Crippen LogP) is 3.63. The fraction of sp³-hybridized carbons (Fsp3) is 0.100. The third-order valence-corrected chi connectivity index (χ3v) is 6.83. The fourth-order valence-electron chi connectivity index (χ4n) is 3.44. The molecule has 0 aliphatic carbocycles. The molecule has 144 valence electrons. The Morgan fingerprint density at radius 1 is 1.03 bits per heavy atom. The molecule has 6 nitrogen and oxygen atoms in total. The molecule has 0 atom stereocenters. The highest BCUT2D eigenvalue weighted by Gasteiger charge is 2.33. The summed E-state index contributed by atoms with van der Waals surface area (Å²) >= 11 is 8.06. The van der Waals surface area contributed by atoms with Gasteiger partial charge in [0.05, 0.1) is 11.3 Å². The quantitative estimate of drug-likeness (QED) is 0.396. The summed E-state index contributed by atoms with van der Waals surface area (Å²) < 4.78 is 3.45. The number of carbonyl (C=O) groups is 1. The van der Waals surface area contributed by atoms with Crippen molar-refractivity contribution >= 4 is 65.3 Å². The van der Waals surface area contributed by atoms with E-state index in [0.717, 1.165) is 25.8 Å². The largest absolute Gasteiger partial charge is 0.308 e. The number of anilines is 1. The van der Waals surface area contributed by atoms with E-state index >= 15 is 0 Å². The van der Waals surface area contributed by atoms with Crippen molar-refractivity contribution in [3.05, 3.63) is 71.9 Å². The van der Waals surface area contributed by atoms with E-state index in [9.17, 15) is 9.59 Å². The number of rotatable bonds is 2. The summed E-state index contributed by atoms with van der Waals surface area (Å²) in [5, 5.41) is 4.38. The maximum atomic E-state index is 13.1. The zero-order chi connectivity index (χ0) is 20.3. The Balaban J connectivity index is 1.74. The molecule has 0 spiro atoms. The lowest BCUT2D eigenvalue weighted by atomic mass is 10.1. The second-order valence-electron chi connectivity index (χ2n) is 6.46. The SMILES string of the molecule is CCN1C(=O)/C(=c2\sc3nc(-c4ccc(Br)cc4)nn3c2=O)c2cc(Br)ccc21. The first-order valence-corrected chi connectivity index (χ1v) is 11.2. The lowest BCUT2D eigenvalue weighted by Crippen LogP contribution is -2.32. The minimum absolute atomic E-state index is 0.171. The van der Waals surface area contributed by atoms with Gasteiger partial charge in [0.25, 0.3) is 11.5 Å². The second kappa shape index (κ2) is 6.86. The highest BCUT2D eigenvalue weighted by molar-refractivity contribution is 9.10. The van der Waals surface area contributed by atoms with Crippen LogP contribution in [-0.4, -0.2) is 27.0 Å². The summed E-state index contributed by atoms with van der Waals surface area (Å²) in [5.41, 5.74) is 2.47. The van der Waals surface area contributed by atoms with Crippen LogP contribution in [0.1, 0.15) is 12.5 Å². The van der Waals surface area contributed by atoms with E-state index in [4.69, 9.17) is 0 Å². The van der Waals surface area contributed by atoms with Gasteiger partial charge in [-0.1, -0.05) is 55.3 Å². The zero-order valence-electron chi connectivity index (χ0n) is 15.0. The third kappa shape index (κ3) is 2.87. The maximum Gasteiger partial charge on any atom is 0.291 e. The van der Waals surface area contributed by atoms with Crippen molar-refractivity contribution in [2.75, 3.05) is 11.4 Å². The van der Waals surface area contributed by atoms with Crippen LogP contribution in [0.5, 0.6) is 0 Å². The van der Waals surface area contributed by atoms with Crippen LogP contribution < -0.4 is 15.0 Å². The van der Waals surface area contributed by atoms with Crippen molar-refractivity contribution in [1.29, 1.82) is 0 Å². The van der Waals surface area contributed by atoms with E-state index in [-0.39, 0.29) is 11.5 Å². The first-order valence-electron chi connectivity index (χ1n) is 8.79. The molecule has 4 aromatic rings. The molecule has 0 saturated carbocycles. The molecule has 0 bridgehead atoms. The van der Waals surface area contributed by atoms with Crippen LogP contribution in [0, 0.1) is 0 Å². The summed E-state index contributed by atoms with van der Waals surface area (Å²) in [4.78, 5) is 32.8. The number of halogens is 2. The molecule has 9 heteroatoms. The summed E-state index contributed by atoms with van der Waals surface area (Å²) in [6.45, 7) is 2.44. The Morgan fingerprint density at radius 3 is 2.45 bits per heavy atom. The Morgan fingerprint density at radius 2 is 1.76 bits per heavy atom. The van der Waals surface area contributed by atoms with Gasteiger partial charge in [-0.05, 0) is 37.3 Å². The number of hydrogen-bond donors (Lipinski definition) is 0. The van der Waals surface area contributed by atoms with Gasteiger partial charge in [-0.15, -0.1) is 5.10 Å². The molecule has 1 aliphatic heterocycles. The molecular weight excluding hydrogens is 520 g/mol. The number of nitrogens with zero attached hydrogens (tertiary/aromatic N) is 4. The van der Waals surface area contributed by atoms with Crippen LogP contribution in [0.15, 0.2) is 56.2 Å². The molecule has 29 heavy (non-hydrogen) atoms. The van der Waals surface area contributed by atoms with Crippen molar-refractivity contribution in [2.45, 2.75) is 6.92 Å². The molecule has 0 unspecified atom stereocenters. The number of fused-ring (bicyclic) bond motifs is 2. The molecule has 0 saturated heterocycles. The minimum Gasteiger partial charge on any atom is -0.308 e. The summed E-state index contributed by atoms with van der Waals surface area (Å²) in [6, 6.07) is 13.2. The van der Waals surface area contributed by atoms with Crippen molar-refractivity contribution in [3.63, 3.8) is 0 Å². The monoisotopic (exact) mass is 530 g/mol. The number of hydrogen-bond acceptors (Lipinski definition) is 5.